The fraction of sp³-hybridized carbons (Fsp3) is 0.465. The number of rotatable bonds is 16. The summed E-state index contributed by atoms with van der Waals surface area (Å²) in [6.07, 6.45) is 13.4. The van der Waals surface area contributed by atoms with Gasteiger partial charge in [0.15, 0.2) is 11.5 Å². The molecule has 0 radical (unpaired) electrons. The molecule has 6 amide bonds. The average molecular weight is 806 g/mol. The summed E-state index contributed by atoms with van der Waals surface area (Å²) in [4.78, 5) is 87.1. The van der Waals surface area contributed by atoms with E-state index in [0.717, 1.165) is 94.0 Å². The second-order valence-electron chi connectivity index (χ2n) is 15.4. The Morgan fingerprint density at radius 1 is 0.864 bits per heavy atom. The van der Waals surface area contributed by atoms with Crippen LogP contribution in [0.4, 0.5) is 5.82 Å². The number of aromatic nitrogens is 3. The van der Waals surface area contributed by atoms with Crippen molar-refractivity contribution in [2.75, 3.05) is 63.9 Å². The Morgan fingerprint density at radius 2 is 1.69 bits per heavy atom. The number of ether oxygens (including phenoxy) is 1. The highest BCUT2D eigenvalue weighted by molar-refractivity contribution is 6.24. The van der Waals surface area contributed by atoms with Crippen LogP contribution in [0.5, 0.6) is 5.75 Å². The molecule has 59 heavy (non-hydrogen) atoms. The van der Waals surface area contributed by atoms with Crippen LogP contribution in [0, 0.1) is 5.92 Å². The van der Waals surface area contributed by atoms with Crippen molar-refractivity contribution in [3.05, 3.63) is 83.3 Å². The Hall–Kier alpha value is -6.03. The molecule has 4 aliphatic rings. The van der Waals surface area contributed by atoms with E-state index in [-0.39, 0.29) is 35.8 Å². The van der Waals surface area contributed by atoms with Gasteiger partial charge in [0.2, 0.25) is 17.7 Å². The van der Waals surface area contributed by atoms with E-state index in [1.165, 1.54) is 6.08 Å². The predicted octanol–water partition coefficient (Wildman–Crippen LogP) is 3.11. The number of likely N-dealkylation sites (tertiary alicyclic amines) is 1. The topological polar surface area (TPSA) is 187 Å². The quantitative estimate of drug-likeness (QED) is 0.123. The van der Waals surface area contributed by atoms with E-state index in [1.54, 1.807) is 42.7 Å². The van der Waals surface area contributed by atoms with Gasteiger partial charge in [-0.1, -0.05) is 25.0 Å². The number of amides is 6. The predicted molar refractivity (Wildman–Crippen MR) is 217 cm³/mol. The third kappa shape index (κ3) is 10.4. The fourth-order valence-electron chi connectivity index (χ4n) is 8.09. The molecule has 0 spiro atoms. The molecule has 1 aromatic carbocycles. The van der Waals surface area contributed by atoms with Crippen LogP contribution in [0.15, 0.2) is 60.9 Å². The van der Waals surface area contributed by atoms with E-state index in [4.69, 9.17) is 4.74 Å². The van der Waals surface area contributed by atoms with Crippen molar-refractivity contribution in [3.8, 4) is 5.75 Å². The molecule has 2 aromatic heterocycles. The third-order valence-electron chi connectivity index (χ3n) is 11.5. The molecule has 1 unspecified atom stereocenters. The Balaban J connectivity index is 0.759. The summed E-state index contributed by atoms with van der Waals surface area (Å²) in [5, 5.41) is 13.9. The van der Waals surface area contributed by atoms with E-state index < -0.39 is 29.7 Å². The van der Waals surface area contributed by atoms with Gasteiger partial charge >= 0.3 is 0 Å². The lowest BCUT2D eigenvalue weighted by molar-refractivity contribution is -0.136. The molecule has 1 atom stereocenters. The number of fused-ring (bicyclic) bond motifs is 1. The number of carbonyl (C=O) groups is 6. The number of nitrogens with zero attached hydrogens (tertiary/aromatic N) is 7. The Labute approximate surface area is 343 Å². The van der Waals surface area contributed by atoms with E-state index in [2.05, 4.69) is 35.6 Å². The monoisotopic (exact) mass is 805 g/mol. The Kier molecular flexibility index (Phi) is 13.7. The van der Waals surface area contributed by atoms with Crippen molar-refractivity contribution < 1.29 is 33.5 Å². The molecular weight excluding hydrogens is 755 g/mol. The highest BCUT2D eigenvalue weighted by Crippen LogP contribution is 2.34. The molecular formula is C43H51N9O7. The average Bonchev–Trinajstić information content (AvgIpc) is 3.52. The van der Waals surface area contributed by atoms with Gasteiger partial charge in [-0.05, 0) is 93.0 Å². The smallest absolute Gasteiger partial charge is 0.274 e. The third-order valence-corrected chi connectivity index (χ3v) is 11.5. The fourth-order valence-corrected chi connectivity index (χ4v) is 8.09. The summed E-state index contributed by atoms with van der Waals surface area (Å²) in [5.74, 6) is -0.732. The summed E-state index contributed by atoms with van der Waals surface area (Å²) >= 11 is 0. The number of pyridine rings is 1. The molecule has 0 aliphatic carbocycles. The summed E-state index contributed by atoms with van der Waals surface area (Å²) in [6, 6.07) is 11.3. The molecule has 2 N–H and O–H groups in total. The van der Waals surface area contributed by atoms with Crippen LogP contribution in [0.2, 0.25) is 0 Å². The number of carbonyl (C=O) groups excluding carboxylic acids is 6. The zero-order valence-corrected chi connectivity index (χ0v) is 33.2. The van der Waals surface area contributed by atoms with Crippen LogP contribution >= 0.6 is 0 Å². The van der Waals surface area contributed by atoms with E-state index in [1.807, 2.05) is 23.1 Å². The Bertz CT molecular complexity index is 2030. The van der Waals surface area contributed by atoms with Gasteiger partial charge in [0.1, 0.15) is 11.8 Å². The van der Waals surface area contributed by atoms with Gasteiger partial charge in [0, 0.05) is 70.7 Å². The van der Waals surface area contributed by atoms with Gasteiger partial charge in [0.05, 0.1) is 17.7 Å². The molecule has 0 saturated carbocycles. The first-order chi connectivity index (χ1) is 28.7. The number of unbranched alkanes of at least 4 members (excludes halogenated alkanes) is 2. The SMILES string of the molecule is O=C(/C=C/c1cccnc1)NCCCCC1CCN(C(=O)c2ccc(N3CCN(CCCCOc4cccc5c4C(=O)N(C4CCC(=O)NC4=O)C5=O)CC3)nn2)CC1. The summed E-state index contributed by atoms with van der Waals surface area (Å²) in [6.45, 7) is 6.59. The van der Waals surface area contributed by atoms with Crippen molar-refractivity contribution in [2.24, 2.45) is 5.92 Å². The minimum Gasteiger partial charge on any atom is -0.493 e. The maximum atomic E-state index is 13.3. The molecule has 4 aliphatic heterocycles. The van der Waals surface area contributed by atoms with Gasteiger partial charge in [-0.15, -0.1) is 10.2 Å². The lowest BCUT2D eigenvalue weighted by atomic mass is 9.91. The second-order valence-corrected chi connectivity index (χ2v) is 15.4. The zero-order chi connectivity index (χ0) is 41.1. The standard InChI is InChI=1S/C43H51N9O7/c53-37(15-11-31-8-6-19-44-29-31)45-20-2-1-7-30-17-22-51(23-18-30)42(57)33-12-14-36(48-47-33)50-26-24-49(25-27-50)21-3-4-28-59-35-10-5-9-32-39(35)43(58)52(41(32)56)34-13-16-38(54)46-40(34)55/h5-6,8-12,14-15,19,29-30,34H,1-4,7,13,16-18,20-28H2,(H,45,53)(H,46,54,55)/b15-11+. The molecule has 16 nitrogen and oxygen atoms in total. The minimum absolute atomic E-state index is 0.0637. The lowest BCUT2D eigenvalue weighted by Gasteiger charge is -2.35. The first-order valence-corrected chi connectivity index (χ1v) is 20.7. The molecule has 3 aromatic rings. The minimum atomic E-state index is -1.02. The first kappa shape index (κ1) is 41.1. The van der Waals surface area contributed by atoms with Crippen molar-refractivity contribution in [3.63, 3.8) is 0 Å². The van der Waals surface area contributed by atoms with Crippen molar-refractivity contribution in [1.82, 2.24) is 40.5 Å². The molecule has 310 valence electrons. The number of anilines is 1. The first-order valence-electron chi connectivity index (χ1n) is 20.7. The summed E-state index contributed by atoms with van der Waals surface area (Å²) in [7, 11) is 0. The van der Waals surface area contributed by atoms with Crippen LogP contribution in [0.3, 0.4) is 0 Å². The van der Waals surface area contributed by atoms with Crippen LogP contribution < -0.4 is 20.3 Å². The molecule has 3 fully saturated rings. The number of benzene rings is 1. The van der Waals surface area contributed by atoms with E-state index >= 15 is 0 Å². The van der Waals surface area contributed by atoms with Gasteiger partial charge in [0.25, 0.3) is 17.7 Å². The molecule has 3 saturated heterocycles. The molecule has 6 heterocycles. The van der Waals surface area contributed by atoms with Crippen molar-refractivity contribution in [1.29, 1.82) is 0 Å². The van der Waals surface area contributed by atoms with Gasteiger partial charge in [-0.2, -0.15) is 0 Å². The number of piperazine rings is 1. The van der Waals surface area contributed by atoms with Gasteiger partial charge < -0.3 is 19.9 Å². The molecule has 16 heteroatoms. The maximum Gasteiger partial charge on any atom is 0.274 e. The van der Waals surface area contributed by atoms with Gasteiger partial charge in [-0.25, -0.2) is 0 Å². The van der Waals surface area contributed by atoms with Gasteiger partial charge in [-0.3, -0.25) is 48.9 Å². The van der Waals surface area contributed by atoms with Crippen molar-refractivity contribution in [2.45, 2.75) is 63.8 Å². The molecule has 7 rings (SSSR count). The van der Waals surface area contributed by atoms with Crippen LogP contribution in [0.25, 0.3) is 6.08 Å². The zero-order valence-electron chi connectivity index (χ0n) is 33.2. The second kappa shape index (κ2) is 19.6. The highest BCUT2D eigenvalue weighted by atomic mass is 16.5. The largest absolute Gasteiger partial charge is 0.493 e. The van der Waals surface area contributed by atoms with E-state index in [9.17, 15) is 28.8 Å². The molecule has 0 bridgehead atoms. The summed E-state index contributed by atoms with van der Waals surface area (Å²) < 4.78 is 5.99. The van der Waals surface area contributed by atoms with Crippen LogP contribution in [-0.4, -0.2) is 130 Å². The van der Waals surface area contributed by atoms with Crippen LogP contribution in [0.1, 0.15) is 94.6 Å². The number of nitrogens with one attached hydrogen (secondary N) is 2. The van der Waals surface area contributed by atoms with Crippen molar-refractivity contribution >= 4 is 47.3 Å². The number of hydrogen-bond donors (Lipinski definition) is 2. The van der Waals surface area contributed by atoms with E-state index in [0.29, 0.717) is 43.6 Å². The number of hydrogen-bond acceptors (Lipinski definition) is 12. The highest BCUT2D eigenvalue weighted by Gasteiger charge is 2.46. The Morgan fingerprint density at radius 3 is 2.44 bits per heavy atom. The number of imide groups is 2. The normalized spacial score (nSPS) is 19.0. The number of piperidine rings is 2. The summed E-state index contributed by atoms with van der Waals surface area (Å²) in [5.41, 5.74) is 1.62. The maximum absolute atomic E-state index is 13.3. The van der Waals surface area contributed by atoms with Crippen LogP contribution in [-0.2, 0) is 14.4 Å². The lowest BCUT2D eigenvalue weighted by Crippen LogP contribution is -2.54.